The van der Waals surface area contributed by atoms with E-state index in [9.17, 15) is 9.59 Å². The maximum absolute atomic E-state index is 12.3. The monoisotopic (exact) mass is 311 g/mol. The molecule has 4 N–H and O–H groups in total. The molecule has 0 saturated heterocycles. The van der Waals surface area contributed by atoms with E-state index in [0.717, 1.165) is 16.8 Å². The van der Waals surface area contributed by atoms with Crippen LogP contribution in [0.1, 0.15) is 28.4 Å². The predicted octanol–water partition coefficient (Wildman–Crippen LogP) is 2.84. The second-order valence-corrected chi connectivity index (χ2v) is 5.62. The molecule has 0 aliphatic carbocycles. The van der Waals surface area contributed by atoms with Gasteiger partial charge in [-0.05, 0) is 62.2 Å². The summed E-state index contributed by atoms with van der Waals surface area (Å²) in [6.45, 7) is 5.81. The lowest BCUT2D eigenvalue weighted by atomic mass is 10.1. The first-order valence-electron chi connectivity index (χ1n) is 7.41. The molecule has 0 aliphatic heterocycles. The van der Waals surface area contributed by atoms with Crippen molar-refractivity contribution < 1.29 is 9.59 Å². The van der Waals surface area contributed by atoms with Crippen molar-refractivity contribution in [3.8, 4) is 0 Å². The van der Waals surface area contributed by atoms with E-state index in [1.54, 1.807) is 31.2 Å². The number of hydrogen-bond donors (Lipinski definition) is 3. The first-order valence-corrected chi connectivity index (χ1v) is 7.41. The fourth-order valence-corrected chi connectivity index (χ4v) is 2.16. The highest BCUT2D eigenvalue weighted by Gasteiger charge is 2.14. The summed E-state index contributed by atoms with van der Waals surface area (Å²) < 4.78 is 0. The molecule has 23 heavy (non-hydrogen) atoms. The zero-order chi connectivity index (χ0) is 17.0. The standard InChI is InChI=1S/C18H21N3O2/c1-11-4-5-12(2)16(10-11)20-13(3)18(23)21-15-8-6-14(7-9-15)17(19)22/h4-10,13,20H,1-3H3,(H2,19,22)(H,21,23). The second kappa shape index (κ2) is 6.96. The van der Waals surface area contributed by atoms with Gasteiger partial charge in [-0.25, -0.2) is 0 Å². The molecule has 2 aromatic rings. The molecule has 1 atom stereocenters. The summed E-state index contributed by atoms with van der Waals surface area (Å²) >= 11 is 0. The molecule has 2 aromatic carbocycles. The van der Waals surface area contributed by atoms with Crippen LogP contribution in [-0.4, -0.2) is 17.9 Å². The van der Waals surface area contributed by atoms with Crippen LogP contribution in [0.2, 0.25) is 0 Å². The Kier molecular flexibility index (Phi) is 5.01. The number of rotatable bonds is 5. The number of carbonyl (C=O) groups excluding carboxylic acids is 2. The van der Waals surface area contributed by atoms with E-state index >= 15 is 0 Å². The van der Waals surface area contributed by atoms with Crippen LogP contribution in [0.5, 0.6) is 0 Å². The molecule has 0 saturated carbocycles. The molecule has 0 spiro atoms. The molecule has 0 aliphatic rings. The Bertz CT molecular complexity index is 724. The first kappa shape index (κ1) is 16.5. The van der Waals surface area contributed by atoms with E-state index in [1.807, 2.05) is 32.0 Å². The van der Waals surface area contributed by atoms with Gasteiger partial charge in [0.1, 0.15) is 6.04 Å². The molecule has 2 rings (SSSR count). The second-order valence-electron chi connectivity index (χ2n) is 5.62. The maximum atomic E-state index is 12.3. The Labute approximate surface area is 135 Å². The van der Waals surface area contributed by atoms with Crippen LogP contribution < -0.4 is 16.4 Å². The number of carbonyl (C=O) groups is 2. The summed E-state index contributed by atoms with van der Waals surface area (Å²) in [5.41, 5.74) is 9.37. The Hall–Kier alpha value is -2.82. The minimum atomic E-state index is -0.493. The zero-order valence-electron chi connectivity index (χ0n) is 13.5. The SMILES string of the molecule is Cc1ccc(C)c(NC(C)C(=O)Nc2ccc(C(N)=O)cc2)c1. The van der Waals surface area contributed by atoms with Gasteiger partial charge in [0.2, 0.25) is 11.8 Å². The maximum Gasteiger partial charge on any atom is 0.248 e. The van der Waals surface area contributed by atoms with Crippen molar-refractivity contribution in [3.63, 3.8) is 0 Å². The van der Waals surface area contributed by atoms with E-state index in [2.05, 4.69) is 10.6 Å². The number of hydrogen-bond acceptors (Lipinski definition) is 3. The van der Waals surface area contributed by atoms with E-state index in [1.165, 1.54) is 0 Å². The van der Waals surface area contributed by atoms with Crippen molar-refractivity contribution in [1.82, 2.24) is 0 Å². The van der Waals surface area contributed by atoms with Crippen molar-refractivity contribution in [2.24, 2.45) is 5.73 Å². The molecule has 0 heterocycles. The van der Waals surface area contributed by atoms with Crippen molar-refractivity contribution in [2.75, 3.05) is 10.6 Å². The molecule has 1 unspecified atom stereocenters. The molecule has 2 amide bonds. The normalized spacial score (nSPS) is 11.6. The summed E-state index contributed by atoms with van der Waals surface area (Å²) in [5, 5.41) is 6.02. The van der Waals surface area contributed by atoms with Gasteiger partial charge in [-0.2, -0.15) is 0 Å². The number of anilines is 2. The van der Waals surface area contributed by atoms with Gasteiger partial charge in [0.25, 0.3) is 0 Å². The van der Waals surface area contributed by atoms with E-state index in [-0.39, 0.29) is 5.91 Å². The fraction of sp³-hybridized carbons (Fsp3) is 0.222. The van der Waals surface area contributed by atoms with Crippen LogP contribution in [-0.2, 0) is 4.79 Å². The highest BCUT2D eigenvalue weighted by Crippen LogP contribution is 2.18. The molecule has 0 fully saturated rings. The van der Waals surface area contributed by atoms with Crippen LogP contribution in [0.25, 0.3) is 0 Å². The Balaban J connectivity index is 2.02. The van der Waals surface area contributed by atoms with Crippen molar-refractivity contribution >= 4 is 23.2 Å². The Morgan fingerprint density at radius 1 is 1.04 bits per heavy atom. The third-order valence-corrected chi connectivity index (χ3v) is 3.60. The number of primary amides is 1. The summed E-state index contributed by atoms with van der Waals surface area (Å²) in [4.78, 5) is 23.3. The first-order chi connectivity index (χ1) is 10.9. The molecule has 0 radical (unpaired) electrons. The van der Waals surface area contributed by atoms with Crippen molar-refractivity contribution in [2.45, 2.75) is 26.8 Å². The minimum Gasteiger partial charge on any atom is -0.374 e. The van der Waals surface area contributed by atoms with E-state index < -0.39 is 11.9 Å². The topological polar surface area (TPSA) is 84.2 Å². The number of nitrogens with one attached hydrogen (secondary N) is 2. The van der Waals surface area contributed by atoms with Crippen molar-refractivity contribution in [3.05, 3.63) is 59.2 Å². The number of nitrogens with two attached hydrogens (primary N) is 1. The average Bonchev–Trinajstić information content (AvgIpc) is 2.51. The van der Waals surface area contributed by atoms with Gasteiger partial charge >= 0.3 is 0 Å². The molecular formula is C18H21N3O2. The molecule has 0 aromatic heterocycles. The number of aryl methyl sites for hydroxylation is 2. The molecule has 120 valence electrons. The molecule has 0 bridgehead atoms. The van der Waals surface area contributed by atoms with Crippen LogP contribution in [0, 0.1) is 13.8 Å². The lowest BCUT2D eigenvalue weighted by Gasteiger charge is -2.17. The lowest BCUT2D eigenvalue weighted by Crippen LogP contribution is -2.32. The molecule has 5 nitrogen and oxygen atoms in total. The quantitative estimate of drug-likeness (QED) is 0.794. The minimum absolute atomic E-state index is 0.155. The molecule has 5 heteroatoms. The Morgan fingerprint density at radius 3 is 2.30 bits per heavy atom. The largest absolute Gasteiger partial charge is 0.374 e. The third kappa shape index (κ3) is 4.32. The highest BCUT2D eigenvalue weighted by molar-refractivity contribution is 5.97. The smallest absolute Gasteiger partial charge is 0.248 e. The van der Waals surface area contributed by atoms with Crippen LogP contribution >= 0.6 is 0 Å². The average molecular weight is 311 g/mol. The van der Waals surface area contributed by atoms with Crippen LogP contribution in [0.3, 0.4) is 0 Å². The summed E-state index contributed by atoms with van der Waals surface area (Å²) in [6.07, 6.45) is 0. The lowest BCUT2D eigenvalue weighted by molar-refractivity contribution is -0.116. The van der Waals surface area contributed by atoms with Crippen LogP contribution in [0.15, 0.2) is 42.5 Å². The van der Waals surface area contributed by atoms with Gasteiger partial charge < -0.3 is 16.4 Å². The number of amides is 2. The van der Waals surface area contributed by atoms with Gasteiger partial charge in [0.15, 0.2) is 0 Å². The van der Waals surface area contributed by atoms with Crippen LogP contribution in [0.4, 0.5) is 11.4 Å². The van der Waals surface area contributed by atoms with E-state index in [4.69, 9.17) is 5.73 Å². The zero-order valence-corrected chi connectivity index (χ0v) is 13.5. The highest BCUT2D eigenvalue weighted by atomic mass is 16.2. The fourth-order valence-electron chi connectivity index (χ4n) is 2.16. The van der Waals surface area contributed by atoms with Gasteiger partial charge in [0.05, 0.1) is 0 Å². The summed E-state index contributed by atoms with van der Waals surface area (Å²) in [6, 6.07) is 12.1. The summed E-state index contributed by atoms with van der Waals surface area (Å²) in [7, 11) is 0. The van der Waals surface area contributed by atoms with Gasteiger partial charge in [0, 0.05) is 16.9 Å². The van der Waals surface area contributed by atoms with Crippen molar-refractivity contribution in [1.29, 1.82) is 0 Å². The molecular weight excluding hydrogens is 290 g/mol. The Morgan fingerprint density at radius 2 is 1.70 bits per heavy atom. The van der Waals surface area contributed by atoms with Gasteiger partial charge in [-0.1, -0.05) is 12.1 Å². The number of benzene rings is 2. The van der Waals surface area contributed by atoms with E-state index in [0.29, 0.717) is 11.3 Å². The van der Waals surface area contributed by atoms with Gasteiger partial charge in [-0.3, -0.25) is 9.59 Å². The summed E-state index contributed by atoms with van der Waals surface area (Å²) in [5.74, 6) is -0.648. The van der Waals surface area contributed by atoms with Gasteiger partial charge in [-0.15, -0.1) is 0 Å². The predicted molar refractivity (Wildman–Crippen MR) is 92.6 cm³/mol. The third-order valence-electron chi connectivity index (χ3n) is 3.60.